The number of phenolic OH excluding ortho intramolecular Hbond substituents is 2. The lowest BCUT2D eigenvalue weighted by Crippen LogP contribution is -2.60. The maximum atomic E-state index is 13.0. The molecule has 6 aromatic rings. The number of esters is 2. The van der Waals surface area contributed by atoms with E-state index in [0.717, 1.165) is 12.1 Å². The molecule has 22 heteroatoms. The predicted molar refractivity (Wildman–Crippen MR) is 233 cm³/mol. The van der Waals surface area contributed by atoms with Crippen LogP contribution < -0.4 is 29.8 Å². The number of aromatic hydroxyl groups is 2. The van der Waals surface area contributed by atoms with Crippen LogP contribution in [-0.2, 0) is 28.5 Å². The molecule has 0 unspecified atom stereocenters. The molecule has 364 valence electrons. The summed E-state index contributed by atoms with van der Waals surface area (Å²) in [5, 5.41) is 85.0. The third kappa shape index (κ3) is 10.3. The van der Waals surface area contributed by atoms with Gasteiger partial charge in [-0.15, -0.1) is 0 Å². The van der Waals surface area contributed by atoms with Crippen LogP contribution in [0.2, 0.25) is 0 Å². The number of ether oxygens (including phenoxy) is 8. The van der Waals surface area contributed by atoms with Gasteiger partial charge in [0.1, 0.15) is 136 Å². The largest absolute Gasteiger partial charge is 0.507 e. The summed E-state index contributed by atoms with van der Waals surface area (Å²) < 4.78 is 54.9. The van der Waals surface area contributed by atoms with Gasteiger partial charge < -0.3 is 87.6 Å². The van der Waals surface area contributed by atoms with Crippen LogP contribution in [-0.4, -0.2) is 142 Å². The van der Waals surface area contributed by atoms with E-state index in [2.05, 4.69) is 0 Å². The van der Waals surface area contributed by atoms with E-state index in [0.29, 0.717) is 22.6 Å². The van der Waals surface area contributed by atoms with Crippen LogP contribution in [0, 0.1) is 0 Å². The Hall–Kier alpha value is -7.28. The van der Waals surface area contributed by atoms with Crippen LogP contribution in [0.5, 0.6) is 34.5 Å². The first-order chi connectivity index (χ1) is 33.0. The normalized spacial score (nSPS) is 24.6. The van der Waals surface area contributed by atoms with Crippen molar-refractivity contribution in [1.82, 2.24) is 0 Å². The molecule has 0 aliphatic carbocycles. The van der Waals surface area contributed by atoms with Gasteiger partial charge in [0.25, 0.3) is 0 Å². The Morgan fingerprint density at radius 1 is 0.507 bits per heavy atom. The monoisotopic (exact) mass is 960 g/mol. The molecule has 2 saturated heterocycles. The van der Waals surface area contributed by atoms with E-state index in [9.17, 15) is 60.0 Å². The Morgan fingerprint density at radius 2 is 0.884 bits per heavy atom. The maximum absolute atomic E-state index is 13.0. The fourth-order valence-electron chi connectivity index (χ4n) is 7.56. The summed E-state index contributed by atoms with van der Waals surface area (Å²) >= 11 is 0. The van der Waals surface area contributed by atoms with Gasteiger partial charge >= 0.3 is 11.9 Å². The van der Waals surface area contributed by atoms with Gasteiger partial charge in [-0.3, -0.25) is 19.2 Å². The van der Waals surface area contributed by atoms with Gasteiger partial charge in [-0.25, -0.2) is 0 Å². The summed E-state index contributed by atoms with van der Waals surface area (Å²) in [4.78, 5) is 51.3. The summed E-state index contributed by atoms with van der Waals surface area (Å²) in [5.74, 6) is -2.52. The zero-order valence-electron chi connectivity index (χ0n) is 36.3. The first-order valence-corrected chi connectivity index (χ1v) is 21.0. The number of aliphatic hydroxyl groups is 6. The minimum atomic E-state index is -1.92. The van der Waals surface area contributed by atoms with E-state index >= 15 is 0 Å². The molecule has 0 bridgehead atoms. The summed E-state index contributed by atoms with van der Waals surface area (Å²) in [7, 11) is 2.98. The Morgan fingerprint density at radius 3 is 1.25 bits per heavy atom. The van der Waals surface area contributed by atoms with Crippen molar-refractivity contribution in [3.63, 3.8) is 0 Å². The number of phenols is 2. The van der Waals surface area contributed by atoms with Crippen LogP contribution in [0.25, 0.3) is 44.6 Å². The molecule has 22 nitrogen and oxygen atoms in total. The first kappa shape index (κ1) is 48.2. The molecule has 2 aliphatic rings. The molecule has 0 amide bonds. The van der Waals surface area contributed by atoms with Gasteiger partial charge in [-0.2, -0.15) is 0 Å². The van der Waals surface area contributed by atoms with Gasteiger partial charge in [0, 0.05) is 47.5 Å². The van der Waals surface area contributed by atoms with Crippen molar-refractivity contribution < 1.29 is 97.2 Å². The van der Waals surface area contributed by atoms with Crippen molar-refractivity contribution in [1.29, 1.82) is 0 Å². The molecule has 0 radical (unpaired) electrons. The minimum absolute atomic E-state index is 0.113. The highest BCUT2D eigenvalue weighted by atomic mass is 16.7. The minimum Gasteiger partial charge on any atom is -0.507 e. The van der Waals surface area contributed by atoms with Crippen molar-refractivity contribution in [2.45, 2.75) is 67.8 Å². The van der Waals surface area contributed by atoms with E-state index in [1.54, 1.807) is 48.5 Å². The van der Waals surface area contributed by atoms with E-state index in [1.807, 2.05) is 0 Å². The quantitative estimate of drug-likeness (QED) is 0.0562. The third-order valence-corrected chi connectivity index (χ3v) is 11.3. The average molecular weight is 961 g/mol. The number of methoxy groups -OCH3 is 2. The standard InChI is InChI=1S/C47H44O22/c1-60-22-7-3-20(4-8-22)30-15-28(50)38-26(48)11-24(13-32(38)66-30)64-46-44(58)42(56)40(54)34(68-46)18-62-36(52)17-37(53)63-19-35-41(55)43(57)45(59)47(69-35)65-25-12-27(49)39-29(51)16-31(67-33(39)14-25)21-5-9-23(61-2)10-6-21/h3-16,34-35,40-49,54-59H,17-19H2,1-2H3/t34-,35+,40-,41+,42+,43-,44-,45+,46-,47+. The lowest BCUT2D eigenvalue weighted by atomic mass is 9.99. The molecule has 8 rings (SSSR count). The maximum Gasteiger partial charge on any atom is 0.317 e. The molecule has 0 spiro atoms. The van der Waals surface area contributed by atoms with Crippen LogP contribution in [0.1, 0.15) is 6.42 Å². The Balaban J connectivity index is 0.864. The second-order valence-corrected chi connectivity index (χ2v) is 15.8. The van der Waals surface area contributed by atoms with Crippen LogP contribution >= 0.6 is 0 Å². The number of rotatable bonds is 14. The highest BCUT2D eigenvalue weighted by Crippen LogP contribution is 2.36. The molecule has 4 heterocycles. The van der Waals surface area contributed by atoms with E-state index in [1.165, 1.54) is 38.5 Å². The average Bonchev–Trinajstić information content (AvgIpc) is 3.33. The second kappa shape index (κ2) is 20.1. The second-order valence-electron chi connectivity index (χ2n) is 15.8. The molecule has 10 atom stereocenters. The van der Waals surface area contributed by atoms with Crippen LogP contribution in [0.15, 0.2) is 103 Å². The third-order valence-electron chi connectivity index (χ3n) is 11.3. The van der Waals surface area contributed by atoms with Gasteiger partial charge in [-0.05, 0) is 48.5 Å². The molecular weight excluding hydrogens is 916 g/mol. The number of hydrogen-bond donors (Lipinski definition) is 8. The molecule has 2 aliphatic heterocycles. The summed E-state index contributed by atoms with van der Waals surface area (Å²) in [6.07, 6.45) is -18.9. The smallest absolute Gasteiger partial charge is 0.317 e. The van der Waals surface area contributed by atoms with Gasteiger partial charge in [0.15, 0.2) is 10.9 Å². The predicted octanol–water partition coefficient (Wildman–Crippen LogP) is 1.21. The van der Waals surface area contributed by atoms with Crippen molar-refractivity contribution >= 4 is 33.9 Å². The van der Waals surface area contributed by atoms with Gasteiger partial charge in [0.2, 0.25) is 12.6 Å². The van der Waals surface area contributed by atoms with E-state index in [4.69, 9.17) is 46.7 Å². The summed E-state index contributed by atoms with van der Waals surface area (Å²) in [5.41, 5.74) is -0.373. The number of aliphatic hydroxyl groups excluding tert-OH is 6. The van der Waals surface area contributed by atoms with Gasteiger partial charge in [0.05, 0.1) is 14.2 Å². The number of carbonyl (C=O) groups is 2. The number of carbonyl (C=O) groups excluding carboxylic acids is 2. The highest BCUT2D eigenvalue weighted by Gasteiger charge is 2.47. The fraction of sp³-hybridized carbons (Fsp3) is 0.319. The Kier molecular flexibility index (Phi) is 14.1. The highest BCUT2D eigenvalue weighted by molar-refractivity contribution is 5.91. The van der Waals surface area contributed by atoms with Gasteiger partial charge in [-0.1, -0.05) is 0 Å². The lowest BCUT2D eigenvalue weighted by molar-refractivity contribution is -0.279. The molecule has 2 fully saturated rings. The molecule has 69 heavy (non-hydrogen) atoms. The number of fused-ring (bicyclic) bond motifs is 2. The molecule has 0 saturated carbocycles. The zero-order chi connectivity index (χ0) is 49.3. The van der Waals surface area contributed by atoms with E-state index in [-0.39, 0.29) is 45.0 Å². The topological polar surface area (TPSA) is 330 Å². The summed E-state index contributed by atoms with van der Waals surface area (Å²) in [6.45, 7) is -1.58. The van der Waals surface area contributed by atoms with Crippen LogP contribution in [0.4, 0.5) is 0 Å². The number of benzene rings is 4. The van der Waals surface area contributed by atoms with Crippen molar-refractivity contribution in [2.24, 2.45) is 0 Å². The summed E-state index contributed by atoms with van der Waals surface area (Å²) in [6, 6.07) is 20.1. The van der Waals surface area contributed by atoms with Crippen LogP contribution in [0.3, 0.4) is 0 Å². The zero-order valence-corrected chi connectivity index (χ0v) is 36.3. The Bertz CT molecular complexity index is 2750. The molecule has 8 N–H and O–H groups in total. The molecule has 4 aromatic carbocycles. The van der Waals surface area contributed by atoms with Crippen molar-refractivity contribution in [3.05, 3.63) is 105 Å². The van der Waals surface area contributed by atoms with E-state index < -0.39 is 115 Å². The Labute approximate surface area is 388 Å². The number of hydrogen-bond acceptors (Lipinski definition) is 22. The SMILES string of the molecule is COc1ccc(-c2cc(=O)c3c(O)cc(O[C@H]4O[C@@H](COC(=O)CC(=O)OC[C@H]5O[C@@H](Oc6cc(O)c7c(=O)cc(-c8ccc(OC)cc8)oc7c6)[C@H](O)[C@@H](O)[C@@H]5O)[C@H](O)[C@@H](O)[C@@H]4O)cc3o2)cc1. The van der Waals surface area contributed by atoms with Crippen molar-refractivity contribution in [3.8, 4) is 57.1 Å². The molecular formula is C47H44O22. The lowest BCUT2D eigenvalue weighted by Gasteiger charge is -2.40. The first-order valence-electron chi connectivity index (χ1n) is 21.0. The van der Waals surface area contributed by atoms with Crippen molar-refractivity contribution in [2.75, 3.05) is 27.4 Å². The fourth-order valence-corrected chi connectivity index (χ4v) is 7.56. The molecule has 2 aromatic heterocycles.